The minimum atomic E-state index is -0.120. The molecule has 0 aromatic rings. The van der Waals surface area contributed by atoms with Crippen LogP contribution >= 0.6 is 12.4 Å². The van der Waals surface area contributed by atoms with Gasteiger partial charge in [-0.1, -0.05) is 19.0 Å². The second-order valence-corrected chi connectivity index (χ2v) is 11.5. The first-order valence-corrected chi connectivity index (χ1v) is 12.4. The smallest absolute Gasteiger partial charge is 0.139 e. The molecule has 31 heavy (non-hydrogen) atoms. The van der Waals surface area contributed by atoms with Gasteiger partial charge in [0.15, 0.2) is 0 Å². The zero-order valence-electron chi connectivity index (χ0n) is 19.5. The number of hydrogen-bond acceptors (Lipinski definition) is 5. The highest BCUT2D eigenvalue weighted by molar-refractivity contribution is 5.92. The van der Waals surface area contributed by atoms with E-state index in [2.05, 4.69) is 23.9 Å². The van der Waals surface area contributed by atoms with Crippen LogP contribution in [0.2, 0.25) is 0 Å². The van der Waals surface area contributed by atoms with Crippen LogP contribution in [0.5, 0.6) is 0 Å². The summed E-state index contributed by atoms with van der Waals surface area (Å²) in [4.78, 5) is 15.4. The lowest BCUT2D eigenvalue weighted by Gasteiger charge is -2.62. The van der Waals surface area contributed by atoms with Gasteiger partial charge in [0, 0.05) is 43.4 Å². The summed E-state index contributed by atoms with van der Waals surface area (Å²) < 4.78 is 5.76. The first-order valence-electron chi connectivity index (χ1n) is 12.4. The molecule has 0 amide bonds. The standard InChI is InChI=1S/C25H40N2O3.ClH/c1-24-9-8-20-18(19(24)6-7-23(24)28)12-16(15-30-3)21-13-17(27-10-4-5-11-27)14-22(26-29)25(20,21)2;/h16-21,29H,4-15H2,1-3H3;1H/t16?,17?,18-,19-,20+,21?,24-,25+;/m0./s1. The molecule has 0 radical (unpaired) electrons. The molecule has 5 aliphatic rings. The number of ketones is 1. The molecule has 4 aliphatic carbocycles. The first-order chi connectivity index (χ1) is 14.4. The van der Waals surface area contributed by atoms with Crippen molar-refractivity contribution in [1.29, 1.82) is 0 Å². The predicted octanol–water partition coefficient (Wildman–Crippen LogP) is 4.80. The number of rotatable bonds is 3. The number of hydrogen-bond donors (Lipinski definition) is 1. The Morgan fingerprint density at radius 1 is 1.13 bits per heavy atom. The molecule has 0 aromatic heterocycles. The molecule has 3 unspecified atom stereocenters. The van der Waals surface area contributed by atoms with Crippen LogP contribution in [0.4, 0.5) is 0 Å². The van der Waals surface area contributed by atoms with Gasteiger partial charge >= 0.3 is 0 Å². The second-order valence-electron chi connectivity index (χ2n) is 11.5. The van der Waals surface area contributed by atoms with Gasteiger partial charge in [0.25, 0.3) is 0 Å². The summed E-state index contributed by atoms with van der Waals surface area (Å²) in [6.45, 7) is 7.82. The van der Waals surface area contributed by atoms with E-state index in [9.17, 15) is 10.0 Å². The van der Waals surface area contributed by atoms with Crippen LogP contribution in [-0.2, 0) is 9.53 Å². The average Bonchev–Trinajstić information content (AvgIpc) is 3.36. The van der Waals surface area contributed by atoms with Gasteiger partial charge in [-0.15, -0.1) is 12.4 Å². The highest BCUT2D eigenvalue weighted by Gasteiger charge is 2.64. The normalized spacial score (nSPS) is 48.7. The largest absolute Gasteiger partial charge is 0.411 e. The minimum absolute atomic E-state index is 0. The van der Waals surface area contributed by atoms with E-state index >= 15 is 0 Å². The van der Waals surface area contributed by atoms with Crippen molar-refractivity contribution in [2.75, 3.05) is 26.8 Å². The van der Waals surface area contributed by atoms with Crippen LogP contribution in [0, 0.1) is 40.4 Å². The van der Waals surface area contributed by atoms with Crippen molar-refractivity contribution in [2.45, 2.75) is 77.7 Å². The zero-order valence-corrected chi connectivity index (χ0v) is 20.3. The lowest BCUT2D eigenvalue weighted by molar-refractivity contribution is -0.139. The molecule has 0 spiro atoms. The Morgan fingerprint density at radius 2 is 1.87 bits per heavy atom. The summed E-state index contributed by atoms with van der Waals surface area (Å²) in [6.07, 6.45) is 9.82. The van der Waals surface area contributed by atoms with Gasteiger partial charge in [-0.2, -0.15) is 0 Å². The topological polar surface area (TPSA) is 62.1 Å². The molecular weight excluding hydrogens is 412 g/mol. The van der Waals surface area contributed by atoms with E-state index in [0.29, 0.717) is 41.4 Å². The molecular formula is C25H41ClN2O3. The van der Waals surface area contributed by atoms with Crippen molar-refractivity contribution in [3.8, 4) is 0 Å². The maximum atomic E-state index is 12.8. The van der Waals surface area contributed by atoms with Crippen LogP contribution in [0.3, 0.4) is 0 Å². The summed E-state index contributed by atoms with van der Waals surface area (Å²) in [5.41, 5.74) is 0.856. The van der Waals surface area contributed by atoms with Crippen molar-refractivity contribution in [3.63, 3.8) is 0 Å². The van der Waals surface area contributed by atoms with Crippen LogP contribution in [0.15, 0.2) is 5.16 Å². The maximum Gasteiger partial charge on any atom is 0.139 e. The Bertz CT molecular complexity index is 724. The minimum Gasteiger partial charge on any atom is -0.411 e. The van der Waals surface area contributed by atoms with Crippen LogP contribution < -0.4 is 0 Å². The fourth-order valence-electron chi connectivity index (χ4n) is 9.03. The van der Waals surface area contributed by atoms with Crippen LogP contribution in [0.1, 0.15) is 71.6 Å². The van der Waals surface area contributed by atoms with Crippen LogP contribution in [-0.4, -0.2) is 54.5 Å². The molecule has 0 bridgehead atoms. The number of halogens is 1. The Morgan fingerprint density at radius 3 is 2.55 bits per heavy atom. The number of nitrogens with zero attached hydrogens (tertiary/aromatic N) is 2. The molecule has 6 heteroatoms. The lowest BCUT2D eigenvalue weighted by Crippen LogP contribution is -2.62. The summed E-state index contributed by atoms with van der Waals surface area (Å²) >= 11 is 0. The van der Waals surface area contributed by atoms with E-state index in [1.54, 1.807) is 0 Å². The highest BCUT2D eigenvalue weighted by Crippen LogP contribution is 2.66. The van der Waals surface area contributed by atoms with E-state index in [4.69, 9.17) is 4.74 Å². The van der Waals surface area contributed by atoms with Crippen molar-refractivity contribution in [2.24, 2.45) is 45.6 Å². The Balaban J connectivity index is 0.00000231. The second kappa shape index (κ2) is 8.61. The Kier molecular flexibility index (Phi) is 6.53. The molecule has 4 saturated carbocycles. The number of likely N-dealkylation sites (tertiary alicyclic amines) is 1. The number of ether oxygens (including phenoxy) is 1. The summed E-state index contributed by atoms with van der Waals surface area (Å²) in [5, 5.41) is 14.2. The molecule has 1 N–H and O–H groups in total. The number of methoxy groups -OCH3 is 1. The van der Waals surface area contributed by atoms with Gasteiger partial charge in [-0.3, -0.25) is 9.69 Å². The summed E-state index contributed by atoms with van der Waals surface area (Å²) in [5.74, 6) is 3.07. The molecule has 5 rings (SSSR count). The number of carbonyl (C=O) groups is 1. The SMILES string of the molecule is COCC1C[C@@H]2[C@@H](CC[C@]3(C)C(=O)CC[C@@H]23)[C@@]2(C)C(=NO)CC(N3CCCC3)CC12.Cl. The molecule has 0 aromatic carbocycles. The molecule has 1 saturated heterocycles. The number of carbonyl (C=O) groups excluding carboxylic acids is 1. The monoisotopic (exact) mass is 452 g/mol. The maximum absolute atomic E-state index is 12.8. The Hall–Kier alpha value is -0.650. The number of oxime groups is 1. The molecule has 176 valence electrons. The molecule has 5 nitrogen and oxygen atoms in total. The predicted molar refractivity (Wildman–Crippen MR) is 124 cm³/mol. The van der Waals surface area contributed by atoms with Crippen molar-refractivity contribution in [3.05, 3.63) is 0 Å². The van der Waals surface area contributed by atoms with Gasteiger partial charge in [0.05, 0.1) is 5.71 Å². The van der Waals surface area contributed by atoms with Crippen molar-refractivity contribution in [1.82, 2.24) is 4.90 Å². The average molecular weight is 453 g/mol. The summed E-state index contributed by atoms with van der Waals surface area (Å²) in [6, 6.07) is 0.509. The van der Waals surface area contributed by atoms with Gasteiger partial charge in [-0.25, -0.2) is 0 Å². The van der Waals surface area contributed by atoms with E-state index in [1.165, 1.54) is 38.8 Å². The van der Waals surface area contributed by atoms with Crippen molar-refractivity contribution < 1.29 is 14.7 Å². The molecule has 8 atom stereocenters. The fraction of sp³-hybridized carbons (Fsp3) is 0.920. The van der Waals surface area contributed by atoms with Gasteiger partial charge < -0.3 is 9.94 Å². The van der Waals surface area contributed by atoms with Gasteiger partial charge in [0.1, 0.15) is 5.78 Å². The fourth-order valence-corrected chi connectivity index (χ4v) is 9.03. The van der Waals surface area contributed by atoms with Crippen molar-refractivity contribution >= 4 is 23.9 Å². The highest BCUT2D eigenvalue weighted by atomic mass is 35.5. The summed E-state index contributed by atoms with van der Waals surface area (Å²) in [7, 11) is 1.83. The Labute approximate surface area is 193 Å². The van der Waals surface area contributed by atoms with E-state index in [0.717, 1.165) is 44.4 Å². The van der Waals surface area contributed by atoms with E-state index in [-0.39, 0.29) is 23.2 Å². The van der Waals surface area contributed by atoms with Gasteiger partial charge in [-0.05, 0) is 87.6 Å². The number of fused-ring (bicyclic) bond motifs is 5. The lowest BCUT2D eigenvalue weighted by atomic mass is 9.42. The third kappa shape index (κ3) is 3.40. The number of Topliss-reactive ketones (excluding diaryl/α,β-unsaturated/α-hetero) is 1. The van der Waals surface area contributed by atoms with Gasteiger partial charge in [0.2, 0.25) is 0 Å². The molecule has 1 aliphatic heterocycles. The van der Waals surface area contributed by atoms with E-state index < -0.39 is 0 Å². The molecule has 5 fully saturated rings. The van der Waals surface area contributed by atoms with E-state index in [1.807, 2.05) is 7.11 Å². The third-order valence-corrected chi connectivity index (χ3v) is 10.6. The molecule has 1 heterocycles. The zero-order chi connectivity index (χ0) is 21.1. The van der Waals surface area contributed by atoms with Crippen LogP contribution in [0.25, 0.3) is 0 Å². The third-order valence-electron chi connectivity index (χ3n) is 10.6. The quantitative estimate of drug-likeness (QED) is 0.493. The first kappa shape index (κ1) is 23.5.